The summed E-state index contributed by atoms with van der Waals surface area (Å²) < 4.78 is 0. The molecule has 0 aromatic heterocycles. The maximum absolute atomic E-state index is 11.7. The van der Waals surface area contributed by atoms with Gasteiger partial charge >= 0.3 is 0 Å². The van der Waals surface area contributed by atoms with Crippen molar-refractivity contribution in [3.63, 3.8) is 0 Å². The van der Waals surface area contributed by atoms with Crippen LogP contribution >= 0.6 is 11.6 Å². The summed E-state index contributed by atoms with van der Waals surface area (Å²) in [4.78, 5) is 13.8. The fourth-order valence-corrected chi connectivity index (χ4v) is 1.70. The molecular weight excluding hydrogens is 262 g/mol. The zero-order chi connectivity index (χ0) is 14.3. The van der Waals surface area contributed by atoms with Gasteiger partial charge in [0.15, 0.2) is 0 Å². The lowest BCUT2D eigenvalue weighted by Crippen LogP contribution is -2.29. The van der Waals surface area contributed by atoms with Gasteiger partial charge in [0.1, 0.15) is 0 Å². The summed E-state index contributed by atoms with van der Waals surface area (Å²) in [6, 6.07) is 5.53. The van der Waals surface area contributed by atoms with E-state index in [-0.39, 0.29) is 5.91 Å². The second-order valence-electron chi connectivity index (χ2n) is 4.82. The number of carbonyl (C=O) groups is 1. The van der Waals surface area contributed by atoms with Crippen LogP contribution in [0, 0.1) is 6.92 Å². The summed E-state index contributed by atoms with van der Waals surface area (Å²) >= 11 is 6.00. The van der Waals surface area contributed by atoms with Crippen molar-refractivity contribution in [3.05, 3.63) is 28.8 Å². The van der Waals surface area contributed by atoms with Gasteiger partial charge in [0, 0.05) is 36.8 Å². The summed E-state index contributed by atoms with van der Waals surface area (Å²) in [5.74, 6) is -0.00253. The van der Waals surface area contributed by atoms with Gasteiger partial charge in [-0.1, -0.05) is 17.7 Å². The molecule has 4 nitrogen and oxygen atoms in total. The maximum Gasteiger partial charge on any atom is 0.225 e. The van der Waals surface area contributed by atoms with Crippen LogP contribution in [0.1, 0.15) is 12.0 Å². The first-order chi connectivity index (χ1) is 8.99. The number of anilines is 1. The molecule has 1 amide bonds. The quantitative estimate of drug-likeness (QED) is 0.754. The maximum atomic E-state index is 11.7. The number of halogens is 1. The van der Waals surface area contributed by atoms with E-state index in [1.54, 1.807) is 6.07 Å². The van der Waals surface area contributed by atoms with Crippen molar-refractivity contribution >= 4 is 23.2 Å². The molecule has 0 aliphatic carbocycles. The van der Waals surface area contributed by atoms with Gasteiger partial charge in [0.25, 0.3) is 0 Å². The number of rotatable bonds is 7. The molecule has 106 valence electrons. The second-order valence-corrected chi connectivity index (χ2v) is 5.22. The van der Waals surface area contributed by atoms with Gasteiger partial charge in [-0.15, -0.1) is 0 Å². The van der Waals surface area contributed by atoms with Gasteiger partial charge in [0.05, 0.1) is 0 Å². The van der Waals surface area contributed by atoms with Gasteiger partial charge in [-0.25, -0.2) is 0 Å². The van der Waals surface area contributed by atoms with Crippen LogP contribution in [0.5, 0.6) is 0 Å². The third-order valence-electron chi connectivity index (χ3n) is 2.72. The minimum absolute atomic E-state index is 0.00253. The molecular formula is C14H22ClN3O. The van der Waals surface area contributed by atoms with Gasteiger partial charge in [0.2, 0.25) is 5.91 Å². The SMILES string of the molecule is Cc1ccc(NC(=O)CCNCCN(C)C)cc1Cl. The van der Waals surface area contributed by atoms with Crippen molar-refractivity contribution in [3.8, 4) is 0 Å². The van der Waals surface area contributed by atoms with E-state index in [2.05, 4.69) is 15.5 Å². The molecule has 0 heterocycles. The monoisotopic (exact) mass is 283 g/mol. The highest BCUT2D eigenvalue weighted by atomic mass is 35.5. The number of nitrogens with zero attached hydrogens (tertiary/aromatic N) is 1. The van der Waals surface area contributed by atoms with Crippen LogP contribution in [0.3, 0.4) is 0 Å². The van der Waals surface area contributed by atoms with E-state index in [0.29, 0.717) is 18.0 Å². The molecule has 5 heteroatoms. The molecule has 0 radical (unpaired) electrons. The molecule has 0 fully saturated rings. The van der Waals surface area contributed by atoms with Gasteiger partial charge in [-0.05, 0) is 38.7 Å². The molecule has 1 aromatic rings. The van der Waals surface area contributed by atoms with Crippen molar-refractivity contribution in [1.29, 1.82) is 0 Å². The smallest absolute Gasteiger partial charge is 0.225 e. The number of likely N-dealkylation sites (N-methyl/N-ethyl adjacent to an activating group) is 1. The molecule has 0 unspecified atom stereocenters. The average molecular weight is 284 g/mol. The van der Waals surface area contributed by atoms with Crippen LogP contribution in [0.4, 0.5) is 5.69 Å². The molecule has 0 spiro atoms. The Hall–Kier alpha value is -1.10. The number of nitrogens with one attached hydrogen (secondary N) is 2. The van der Waals surface area contributed by atoms with Crippen LogP contribution in [-0.4, -0.2) is 44.5 Å². The number of carbonyl (C=O) groups excluding carboxylic acids is 1. The van der Waals surface area contributed by atoms with Crippen molar-refractivity contribution in [2.24, 2.45) is 0 Å². The minimum atomic E-state index is -0.00253. The van der Waals surface area contributed by atoms with Crippen molar-refractivity contribution in [2.75, 3.05) is 39.0 Å². The summed E-state index contributed by atoms with van der Waals surface area (Å²) in [5.41, 5.74) is 1.75. The number of aryl methyl sites for hydroxylation is 1. The third kappa shape index (κ3) is 6.57. The Morgan fingerprint density at radius 2 is 2.05 bits per heavy atom. The first-order valence-corrected chi connectivity index (χ1v) is 6.78. The largest absolute Gasteiger partial charge is 0.326 e. The summed E-state index contributed by atoms with van der Waals surface area (Å²) in [6.07, 6.45) is 0.457. The number of benzene rings is 1. The first kappa shape index (κ1) is 16.0. The van der Waals surface area contributed by atoms with Crippen LogP contribution in [0.15, 0.2) is 18.2 Å². The normalized spacial score (nSPS) is 10.8. The van der Waals surface area contributed by atoms with E-state index in [9.17, 15) is 4.79 Å². The Bertz CT molecular complexity index is 421. The number of amides is 1. The summed E-state index contributed by atoms with van der Waals surface area (Å²) in [5, 5.41) is 6.73. The van der Waals surface area contributed by atoms with Gasteiger partial charge < -0.3 is 15.5 Å². The fourth-order valence-electron chi connectivity index (χ4n) is 1.52. The molecule has 0 atom stereocenters. The Balaban J connectivity index is 2.25. The summed E-state index contributed by atoms with van der Waals surface area (Å²) in [6.45, 7) is 4.47. The Labute approximate surface area is 120 Å². The second kappa shape index (κ2) is 8.15. The van der Waals surface area contributed by atoms with E-state index < -0.39 is 0 Å². The third-order valence-corrected chi connectivity index (χ3v) is 3.13. The molecule has 0 aliphatic rings. The first-order valence-electron chi connectivity index (χ1n) is 6.40. The zero-order valence-corrected chi connectivity index (χ0v) is 12.5. The fraction of sp³-hybridized carbons (Fsp3) is 0.500. The number of hydrogen-bond acceptors (Lipinski definition) is 3. The Morgan fingerprint density at radius 3 is 2.68 bits per heavy atom. The molecule has 1 rings (SSSR count). The summed E-state index contributed by atoms with van der Waals surface area (Å²) in [7, 11) is 4.05. The van der Waals surface area contributed by atoms with Crippen molar-refractivity contribution in [2.45, 2.75) is 13.3 Å². The Kier molecular flexibility index (Phi) is 6.84. The molecule has 0 bridgehead atoms. The van der Waals surface area contributed by atoms with Crippen LogP contribution < -0.4 is 10.6 Å². The lowest BCUT2D eigenvalue weighted by Gasteiger charge is -2.10. The highest BCUT2D eigenvalue weighted by molar-refractivity contribution is 6.31. The van der Waals surface area contributed by atoms with Crippen molar-refractivity contribution < 1.29 is 4.79 Å². The van der Waals surface area contributed by atoms with E-state index in [1.165, 1.54) is 0 Å². The predicted molar refractivity (Wildman–Crippen MR) is 80.9 cm³/mol. The molecule has 1 aromatic carbocycles. The number of hydrogen-bond donors (Lipinski definition) is 2. The average Bonchev–Trinajstić information content (AvgIpc) is 2.33. The van der Waals surface area contributed by atoms with E-state index in [4.69, 9.17) is 11.6 Å². The molecule has 2 N–H and O–H groups in total. The van der Waals surface area contributed by atoms with Crippen molar-refractivity contribution in [1.82, 2.24) is 10.2 Å². The highest BCUT2D eigenvalue weighted by Gasteiger charge is 2.03. The van der Waals surface area contributed by atoms with Crippen LogP contribution in [0.2, 0.25) is 5.02 Å². The predicted octanol–water partition coefficient (Wildman–Crippen LogP) is 2.13. The minimum Gasteiger partial charge on any atom is -0.326 e. The lowest BCUT2D eigenvalue weighted by atomic mass is 10.2. The van der Waals surface area contributed by atoms with Crippen LogP contribution in [0.25, 0.3) is 0 Å². The molecule has 0 saturated heterocycles. The lowest BCUT2D eigenvalue weighted by molar-refractivity contribution is -0.116. The van der Waals surface area contributed by atoms with Crippen LogP contribution in [-0.2, 0) is 4.79 Å². The molecule has 0 saturated carbocycles. The van der Waals surface area contributed by atoms with Gasteiger partial charge in [-0.3, -0.25) is 4.79 Å². The van der Waals surface area contributed by atoms with E-state index >= 15 is 0 Å². The topological polar surface area (TPSA) is 44.4 Å². The van der Waals surface area contributed by atoms with Gasteiger partial charge in [-0.2, -0.15) is 0 Å². The highest BCUT2D eigenvalue weighted by Crippen LogP contribution is 2.19. The molecule has 19 heavy (non-hydrogen) atoms. The standard InChI is InChI=1S/C14H22ClN3O/c1-11-4-5-12(10-13(11)15)17-14(19)6-7-16-8-9-18(2)3/h4-5,10,16H,6-9H2,1-3H3,(H,17,19). The zero-order valence-electron chi connectivity index (χ0n) is 11.8. The molecule has 0 aliphatic heterocycles. The van der Waals surface area contributed by atoms with E-state index in [0.717, 1.165) is 24.3 Å². The Morgan fingerprint density at radius 1 is 1.32 bits per heavy atom. The van der Waals surface area contributed by atoms with E-state index in [1.807, 2.05) is 33.2 Å².